The van der Waals surface area contributed by atoms with Crippen molar-refractivity contribution >= 4 is 29.7 Å². The lowest BCUT2D eigenvalue weighted by Gasteiger charge is -2.34. The van der Waals surface area contributed by atoms with E-state index in [1.165, 1.54) is 11.8 Å². The molecule has 0 saturated carbocycles. The van der Waals surface area contributed by atoms with E-state index in [1.807, 2.05) is 30.3 Å². The Bertz CT molecular complexity index is 1360. The Morgan fingerprint density at radius 2 is 1.48 bits per heavy atom. The second-order valence-corrected chi connectivity index (χ2v) is 12.1. The van der Waals surface area contributed by atoms with Crippen molar-refractivity contribution in [3.63, 3.8) is 0 Å². The molecule has 0 bridgehead atoms. The maximum absolute atomic E-state index is 14.7. The van der Waals surface area contributed by atoms with Crippen molar-refractivity contribution in [2.45, 2.75) is 84.5 Å². The molecule has 0 radical (unpaired) electrons. The smallest absolute Gasteiger partial charge is 0.408 e. The molecule has 0 aromatic heterocycles. The molecule has 3 rings (SSSR count). The molecule has 3 amide bonds. The van der Waals surface area contributed by atoms with Crippen molar-refractivity contribution in [1.82, 2.24) is 15.5 Å². The molecule has 0 spiro atoms. The molecule has 250 valence electrons. The zero-order valence-electron chi connectivity index (χ0n) is 26.9. The van der Waals surface area contributed by atoms with Crippen molar-refractivity contribution in [2.24, 2.45) is 11.8 Å². The first kappa shape index (κ1) is 36.1. The molecule has 10 nitrogen and oxygen atoms in total. The number of carbonyl (C=O) groups is 5. The van der Waals surface area contributed by atoms with E-state index in [4.69, 9.17) is 4.74 Å². The first-order chi connectivity index (χ1) is 21.7. The first-order valence-electron chi connectivity index (χ1n) is 15.5. The van der Waals surface area contributed by atoms with Crippen molar-refractivity contribution < 1.29 is 42.2 Å². The minimum absolute atomic E-state index is 0.0164. The number of ketones is 1. The van der Waals surface area contributed by atoms with Crippen LogP contribution in [0.2, 0.25) is 0 Å². The van der Waals surface area contributed by atoms with Crippen LogP contribution < -0.4 is 10.6 Å². The average molecular weight is 644 g/mol. The Labute approximate surface area is 268 Å². The quantitative estimate of drug-likeness (QED) is 0.219. The molecule has 2 atom stereocenters. The third kappa shape index (κ3) is 9.58. The second-order valence-electron chi connectivity index (χ2n) is 12.1. The highest BCUT2D eigenvalue weighted by Gasteiger charge is 2.52. The summed E-state index contributed by atoms with van der Waals surface area (Å²) in [5.41, 5.74) is 2.74. The molecule has 1 aliphatic carbocycles. The Morgan fingerprint density at radius 3 is 2.02 bits per heavy atom. The normalized spacial score (nSPS) is 14.3. The fourth-order valence-corrected chi connectivity index (χ4v) is 5.37. The number of halogens is 2. The second kappa shape index (κ2) is 16.3. The monoisotopic (exact) mass is 643 g/mol. The third-order valence-corrected chi connectivity index (χ3v) is 7.69. The Balaban J connectivity index is 1.83. The summed E-state index contributed by atoms with van der Waals surface area (Å²) < 4.78 is 39.2. The van der Waals surface area contributed by atoms with Crippen LogP contribution in [0, 0.1) is 11.8 Å². The van der Waals surface area contributed by atoms with E-state index in [9.17, 15) is 32.8 Å². The van der Waals surface area contributed by atoms with Crippen molar-refractivity contribution in [2.75, 3.05) is 13.2 Å². The van der Waals surface area contributed by atoms with Crippen LogP contribution in [0.25, 0.3) is 0 Å². The maximum Gasteiger partial charge on any atom is 0.408 e. The summed E-state index contributed by atoms with van der Waals surface area (Å²) in [5.74, 6) is -10.4. The highest BCUT2D eigenvalue weighted by atomic mass is 19.3. The van der Waals surface area contributed by atoms with Gasteiger partial charge in [0.15, 0.2) is 0 Å². The number of Topliss-reactive ketones (excluding diaryl/α,β-unsaturated/α-hetero) is 1. The number of fused-ring (bicyclic) bond motifs is 1. The van der Waals surface area contributed by atoms with Gasteiger partial charge in [-0.15, -0.1) is 0 Å². The zero-order chi connectivity index (χ0) is 34.0. The Kier molecular flexibility index (Phi) is 12.8. The minimum atomic E-state index is -4.47. The number of benzene rings is 2. The number of esters is 1. The van der Waals surface area contributed by atoms with Gasteiger partial charge >= 0.3 is 18.0 Å². The molecule has 0 unspecified atom stereocenters. The molecular weight excluding hydrogens is 600 g/mol. The van der Waals surface area contributed by atoms with E-state index in [0.717, 1.165) is 16.7 Å². The van der Waals surface area contributed by atoms with Crippen molar-refractivity contribution in [3.8, 4) is 0 Å². The molecule has 0 aliphatic heterocycles. The molecule has 2 N–H and O–H groups in total. The summed E-state index contributed by atoms with van der Waals surface area (Å²) in [6.07, 6.45) is -0.147. The first-order valence-corrected chi connectivity index (χ1v) is 15.5. The number of ether oxygens (including phenoxy) is 2. The van der Waals surface area contributed by atoms with Crippen LogP contribution in [0.4, 0.5) is 13.6 Å². The maximum atomic E-state index is 14.7. The third-order valence-electron chi connectivity index (χ3n) is 7.69. The molecule has 2 aromatic rings. The standard InChI is InChI=1S/C34H43F2N3O7/c1-6-45-32(43)34(35,36)30(41)27(16-21(2)3)37-28(40)19-39(26-17-24-14-10-11-15-25(24)18-26)31(42)29(22(4)5)38-33(44)46-20-23-12-8-7-9-13-23/h7-15,21-22,26-27,29H,6,16-20H2,1-5H3,(H,37,40)(H,38,44)/t27-,29-/m0/s1. The highest BCUT2D eigenvalue weighted by molar-refractivity contribution is 6.08. The highest BCUT2D eigenvalue weighted by Crippen LogP contribution is 2.27. The number of alkyl carbamates (subject to hydrolysis) is 1. The van der Waals surface area contributed by atoms with Crippen LogP contribution in [0.3, 0.4) is 0 Å². The number of amides is 3. The van der Waals surface area contributed by atoms with Gasteiger partial charge in [0.2, 0.25) is 17.6 Å². The van der Waals surface area contributed by atoms with E-state index in [-0.39, 0.29) is 25.6 Å². The Morgan fingerprint density at radius 1 is 0.891 bits per heavy atom. The summed E-state index contributed by atoms with van der Waals surface area (Å²) in [6, 6.07) is 13.3. The topological polar surface area (TPSA) is 131 Å². The fourth-order valence-electron chi connectivity index (χ4n) is 5.37. The lowest BCUT2D eigenvalue weighted by atomic mass is 9.96. The van der Waals surface area contributed by atoms with Gasteiger partial charge in [-0.1, -0.05) is 82.3 Å². The number of hydrogen-bond donors (Lipinski definition) is 2. The van der Waals surface area contributed by atoms with Crippen LogP contribution in [-0.4, -0.2) is 71.8 Å². The van der Waals surface area contributed by atoms with Crippen LogP contribution in [0.1, 0.15) is 57.7 Å². The molecule has 0 saturated heterocycles. The van der Waals surface area contributed by atoms with Crippen LogP contribution >= 0.6 is 0 Å². The van der Waals surface area contributed by atoms with E-state index in [0.29, 0.717) is 12.8 Å². The summed E-state index contributed by atoms with van der Waals surface area (Å²) in [5, 5.41) is 4.97. The predicted molar refractivity (Wildman–Crippen MR) is 166 cm³/mol. The minimum Gasteiger partial charge on any atom is -0.461 e. The molecule has 0 fully saturated rings. The number of alkyl halides is 2. The van der Waals surface area contributed by atoms with Gasteiger partial charge < -0.3 is 25.0 Å². The fraction of sp³-hybridized carbons (Fsp3) is 0.500. The SMILES string of the molecule is CCOC(=O)C(F)(F)C(=O)[C@H](CC(C)C)NC(=O)CN(C(=O)[C@@H](NC(=O)OCc1ccccc1)C(C)C)C1Cc2ccccc2C1. The van der Waals surface area contributed by atoms with Gasteiger partial charge in [-0.05, 0) is 54.7 Å². The lowest BCUT2D eigenvalue weighted by molar-refractivity contribution is -0.177. The molecule has 46 heavy (non-hydrogen) atoms. The largest absolute Gasteiger partial charge is 0.461 e. The van der Waals surface area contributed by atoms with Crippen molar-refractivity contribution in [3.05, 3.63) is 71.3 Å². The van der Waals surface area contributed by atoms with Gasteiger partial charge in [0.1, 0.15) is 12.6 Å². The lowest BCUT2D eigenvalue weighted by Crippen LogP contribution is -2.58. The van der Waals surface area contributed by atoms with Crippen LogP contribution in [-0.2, 0) is 48.1 Å². The molecular formula is C34H43F2N3O7. The average Bonchev–Trinajstić information content (AvgIpc) is 3.44. The summed E-state index contributed by atoms with van der Waals surface area (Å²) in [6.45, 7) is 7.21. The van der Waals surface area contributed by atoms with E-state index in [2.05, 4.69) is 15.4 Å². The van der Waals surface area contributed by atoms with Gasteiger partial charge in [-0.2, -0.15) is 8.78 Å². The molecule has 12 heteroatoms. The van der Waals surface area contributed by atoms with Gasteiger partial charge in [-0.25, -0.2) is 9.59 Å². The van der Waals surface area contributed by atoms with E-state index < -0.39 is 66.2 Å². The molecule has 2 aromatic carbocycles. The molecule has 1 aliphatic rings. The van der Waals surface area contributed by atoms with Gasteiger partial charge in [0.25, 0.3) is 0 Å². The molecule has 0 heterocycles. The van der Waals surface area contributed by atoms with Gasteiger partial charge in [0, 0.05) is 6.04 Å². The zero-order valence-corrected chi connectivity index (χ0v) is 26.9. The van der Waals surface area contributed by atoms with Gasteiger partial charge in [0.05, 0.1) is 19.2 Å². The summed E-state index contributed by atoms with van der Waals surface area (Å²) >= 11 is 0. The number of carbonyl (C=O) groups excluding carboxylic acids is 5. The van der Waals surface area contributed by atoms with Crippen LogP contribution in [0.5, 0.6) is 0 Å². The van der Waals surface area contributed by atoms with E-state index in [1.54, 1.807) is 52.0 Å². The number of nitrogens with zero attached hydrogens (tertiary/aromatic N) is 1. The van der Waals surface area contributed by atoms with E-state index >= 15 is 0 Å². The Hall–Kier alpha value is -4.35. The van der Waals surface area contributed by atoms with Gasteiger partial charge in [-0.3, -0.25) is 14.4 Å². The summed E-state index contributed by atoms with van der Waals surface area (Å²) in [4.78, 5) is 66.4. The number of rotatable bonds is 15. The number of hydrogen-bond acceptors (Lipinski definition) is 7. The van der Waals surface area contributed by atoms with Crippen molar-refractivity contribution in [1.29, 1.82) is 0 Å². The predicted octanol–water partition coefficient (Wildman–Crippen LogP) is 4.23. The summed E-state index contributed by atoms with van der Waals surface area (Å²) in [7, 11) is 0. The number of nitrogens with one attached hydrogen (secondary N) is 2. The van der Waals surface area contributed by atoms with Crippen LogP contribution in [0.15, 0.2) is 54.6 Å².